The quantitative estimate of drug-likeness (QED) is 0.802. The fourth-order valence-electron chi connectivity index (χ4n) is 1.16. The van der Waals surface area contributed by atoms with Crippen molar-refractivity contribution < 1.29 is 23.0 Å². The zero-order valence-electron chi connectivity index (χ0n) is 9.17. The second kappa shape index (κ2) is 5.90. The van der Waals surface area contributed by atoms with Crippen molar-refractivity contribution in [1.29, 1.82) is 0 Å². The van der Waals surface area contributed by atoms with E-state index in [0.717, 1.165) is 6.07 Å². The maximum atomic E-state index is 12.5. The lowest BCUT2D eigenvalue weighted by molar-refractivity contribution is 0.0513. The number of esters is 1. The number of halogens is 3. The predicted molar refractivity (Wildman–Crippen MR) is 59.4 cm³/mol. The lowest BCUT2D eigenvalue weighted by Crippen LogP contribution is -2.11. The van der Waals surface area contributed by atoms with Crippen molar-refractivity contribution in [2.24, 2.45) is 0 Å². The van der Waals surface area contributed by atoms with Crippen molar-refractivity contribution in [2.45, 2.75) is 13.3 Å². The van der Waals surface area contributed by atoms with Crippen molar-refractivity contribution in [3.8, 4) is 5.75 Å². The summed E-state index contributed by atoms with van der Waals surface area (Å²) >= 11 is 3.04. The third kappa shape index (κ3) is 3.12. The Morgan fingerprint density at radius 2 is 2.24 bits per heavy atom. The topological polar surface area (TPSA) is 48.4 Å². The molecule has 7 heteroatoms. The number of carbonyl (C=O) groups excluding carboxylic acids is 1. The van der Waals surface area contributed by atoms with Crippen LogP contribution in [0.25, 0.3) is 0 Å². The van der Waals surface area contributed by atoms with Crippen LogP contribution in [0.1, 0.15) is 29.5 Å². The number of aromatic nitrogens is 1. The zero-order valence-corrected chi connectivity index (χ0v) is 10.8. The Labute approximate surface area is 105 Å². The van der Waals surface area contributed by atoms with Crippen LogP contribution in [0.2, 0.25) is 0 Å². The van der Waals surface area contributed by atoms with Gasteiger partial charge in [0, 0.05) is 0 Å². The van der Waals surface area contributed by atoms with Crippen LogP contribution in [0.3, 0.4) is 0 Å². The van der Waals surface area contributed by atoms with E-state index in [1.54, 1.807) is 6.92 Å². The first-order chi connectivity index (χ1) is 8.01. The van der Waals surface area contributed by atoms with E-state index < -0.39 is 18.1 Å². The molecule has 1 aromatic rings. The Balaban J connectivity index is 3.28. The summed E-state index contributed by atoms with van der Waals surface area (Å²) in [5.74, 6) is -0.722. The number of hydrogen-bond acceptors (Lipinski definition) is 4. The van der Waals surface area contributed by atoms with Crippen LogP contribution in [-0.4, -0.2) is 24.7 Å². The molecule has 0 atom stereocenters. The monoisotopic (exact) mass is 309 g/mol. The molecule has 1 heterocycles. The first kappa shape index (κ1) is 13.8. The van der Waals surface area contributed by atoms with Crippen LogP contribution >= 0.6 is 15.9 Å². The number of ether oxygens (including phenoxy) is 2. The molecule has 0 aliphatic heterocycles. The van der Waals surface area contributed by atoms with Gasteiger partial charge in [-0.1, -0.05) is 0 Å². The summed E-state index contributed by atoms with van der Waals surface area (Å²) in [5.41, 5.74) is -0.778. The molecule has 1 aromatic heterocycles. The summed E-state index contributed by atoms with van der Waals surface area (Å²) in [6.45, 7) is 1.73. The van der Waals surface area contributed by atoms with Gasteiger partial charge in [0.05, 0.1) is 18.2 Å². The van der Waals surface area contributed by atoms with Crippen molar-refractivity contribution in [3.05, 3.63) is 21.9 Å². The van der Waals surface area contributed by atoms with E-state index in [2.05, 4.69) is 20.9 Å². The molecule has 0 bridgehead atoms. The summed E-state index contributed by atoms with van der Waals surface area (Å²) in [5, 5.41) is 0. The molecule has 0 unspecified atom stereocenters. The highest BCUT2D eigenvalue weighted by molar-refractivity contribution is 9.10. The molecule has 94 valence electrons. The van der Waals surface area contributed by atoms with Gasteiger partial charge in [0.25, 0.3) is 6.43 Å². The number of methoxy groups -OCH3 is 1. The van der Waals surface area contributed by atoms with Crippen LogP contribution in [0, 0.1) is 0 Å². The van der Waals surface area contributed by atoms with Gasteiger partial charge in [-0.2, -0.15) is 0 Å². The average molecular weight is 310 g/mol. The molecule has 0 aliphatic rings. The number of nitrogens with zero attached hydrogens (tertiary/aromatic N) is 1. The Morgan fingerprint density at radius 3 is 2.71 bits per heavy atom. The first-order valence-electron chi connectivity index (χ1n) is 4.71. The first-order valence-corrected chi connectivity index (χ1v) is 5.50. The van der Waals surface area contributed by atoms with E-state index in [1.165, 1.54) is 7.11 Å². The van der Waals surface area contributed by atoms with Crippen molar-refractivity contribution in [2.75, 3.05) is 13.7 Å². The van der Waals surface area contributed by atoms with Gasteiger partial charge in [0.1, 0.15) is 5.69 Å². The molecule has 0 saturated carbocycles. The van der Waals surface area contributed by atoms with Crippen LogP contribution in [0.15, 0.2) is 10.5 Å². The van der Waals surface area contributed by atoms with Gasteiger partial charge in [-0.3, -0.25) is 0 Å². The molecular weight excluding hydrogens is 300 g/mol. The van der Waals surface area contributed by atoms with Gasteiger partial charge in [-0.25, -0.2) is 18.6 Å². The van der Waals surface area contributed by atoms with E-state index in [-0.39, 0.29) is 22.5 Å². The Kier molecular flexibility index (Phi) is 4.80. The minimum Gasteiger partial charge on any atom is -0.493 e. The molecule has 4 nitrogen and oxygen atoms in total. The molecule has 1 rings (SSSR count). The van der Waals surface area contributed by atoms with Gasteiger partial charge in [0.15, 0.2) is 11.4 Å². The maximum Gasteiger partial charge on any atom is 0.360 e. The number of rotatable bonds is 4. The van der Waals surface area contributed by atoms with E-state index in [4.69, 9.17) is 9.47 Å². The zero-order chi connectivity index (χ0) is 13.0. The van der Waals surface area contributed by atoms with Crippen molar-refractivity contribution in [1.82, 2.24) is 4.98 Å². The van der Waals surface area contributed by atoms with Crippen LogP contribution < -0.4 is 4.74 Å². The SMILES string of the molecule is CCOC(=O)c1nc(C(F)F)cc(Br)c1OC. The highest BCUT2D eigenvalue weighted by Crippen LogP contribution is 2.31. The van der Waals surface area contributed by atoms with Gasteiger partial charge in [-0.05, 0) is 28.9 Å². The summed E-state index contributed by atoms with van der Waals surface area (Å²) in [6, 6.07) is 1.10. The maximum absolute atomic E-state index is 12.5. The molecule has 0 aromatic carbocycles. The molecule has 17 heavy (non-hydrogen) atoms. The van der Waals surface area contributed by atoms with Crippen molar-refractivity contribution >= 4 is 21.9 Å². The molecule has 0 saturated heterocycles. The van der Waals surface area contributed by atoms with Gasteiger partial charge in [0.2, 0.25) is 0 Å². The summed E-state index contributed by atoms with van der Waals surface area (Å²) in [7, 11) is 1.31. The lowest BCUT2D eigenvalue weighted by Gasteiger charge is -2.10. The Morgan fingerprint density at radius 1 is 1.59 bits per heavy atom. The molecular formula is C10H10BrF2NO3. The average Bonchev–Trinajstić information content (AvgIpc) is 2.28. The van der Waals surface area contributed by atoms with Gasteiger partial charge < -0.3 is 9.47 Å². The molecule has 0 spiro atoms. The van der Waals surface area contributed by atoms with Gasteiger partial charge >= 0.3 is 5.97 Å². The second-order valence-corrected chi connectivity index (χ2v) is 3.79. The fraction of sp³-hybridized carbons (Fsp3) is 0.400. The molecule has 0 radical (unpaired) electrons. The normalized spacial score (nSPS) is 10.5. The number of pyridine rings is 1. The van der Waals surface area contributed by atoms with Crippen LogP contribution in [0.5, 0.6) is 5.75 Å². The second-order valence-electron chi connectivity index (χ2n) is 2.93. The van der Waals surface area contributed by atoms with E-state index in [1.807, 2.05) is 0 Å². The Bertz CT molecular complexity index is 426. The lowest BCUT2D eigenvalue weighted by atomic mass is 10.2. The van der Waals surface area contributed by atoms with E-state index >= 15 is 0 Å². The van der Waals surface area contributed by atoms with Crippen LogP contribution in [-0.2, 0) is 4.74 Å². The van der Waals surface area contributed by atoms with Crippen molar-refractivity contribution in [3.63, 3.8) is 0 Å². The summed E-state index contributed by atoms with van der Waals surface area (Å²) in [4.78, 5) is 15.1. The van der Waals surface area contributed by atoms with Gasteiger partial charge in [-0.15, -0.1) is 0 Å². The molecule has 0 aliphatic carbocycles. The number of carbonyl (C=O) groups is 1. The third-order valence-electron chi connectivity index (χ3n) is 1.84. The third-order valence-corrected chi connectivity index (χ3v) is 2.43. The molecule has 0 N–H and O–H groups in total. The van der Waals surface area contributed by atoms with E-state index in [9.17, 15) is 13.6 Å². The van der Waals surface area contributed by atoms with Crippen LogP contribution in [0.4, 0.5) is 8.78 Å². The van der Waals surface area contributed by atoms with E-state index in [0.29, 0.717) is 0 Å². The highest BCUT2D eigenvalue weighted by Gasteiger charge is 2.22. The Hall–Kier alpha value is -1.24. The minimum absolute atomic E-state index is 0.0767. The highest BCUT2D eigenvalue weighted by atomic mass is 79.9. The molecule has 0 fully saturated rings. The summed E-state index contributed by atoms with van der Waals surface area (Å²) in [6.07, 6.45) is -2.77. The largest absolute Gasteiger partial charge is 0.493 e. The summed E-state index contributed by atoms with van der Waals surface area (Å²) < 4.78 is 34.9. The standard InChI is InChI=1S/C10H10BrF2NO3/c1-3-17-10(15)7-8(16-2)5(11)4-6(14-7)9(12)13/h4,9H,3H2,1-2H3. The smallest absolute Gasteiger partial charge is 0.360 e. The predicted octanol–water partition coefficient (Wildman–Crippen LogP) is 2.97. The molecule has 0 amide bonds. The fourth-order valence-corrected chi connectivity index (χ4v) is 1.75. The number of alkyl halides is 2. The number of hydrogen-bond donors (Lipinski definition) is 0. The minimum atomic E-state index is -2.77.